The fourth-order valence-corrected chi connectivity index (χ4v) is 3.45. The lowest BCUT2D eigenvalue weighted by atomic mass is 9.84. The molecule has 0 bridgehead atoms. The van der Waals surface area contributed by atoms with Gasteiger partial charge in [0.2, 0.25) is 0 Å². The van der Waals surface area contributed by atoms with Crippen LogP contribution in [0.5, 0.6) is 0 Å². The van der Waals surface area contributed by atoms with Crippen LogP contribution >= 0.6 is 0 Å². The van der Waals surface area contributed by atoms with Gasteiger partial charge in [-0.3, -0.25) is 0 Å². The maximum Gasteiger partial charge on any atom is 0.0791 e. The third kappa shape index (κ3) is 4.52. The van der Waals surface area contributed by atoms with Gasteiger partial charge >= 0.3 is 0 Å². The standard InChI is InChI=1S/C15H30N2O/c1-13(14-7-3-2-4-8-14)16-11-15(18)12-17-9-5-6-10-17/h13-16,18H,2-12H2,1H3/t13-,15?/m1/s1. The zero-order chi connectivity index (χ0) is 12.8. The van der Waals surface area contributed by atoms with Crippen LogP contribution in [0.1, 0.15) is 51.9 Å². The number of nitrogens with zero attached hydrogens (tertiary/aromatic N) is 1. The minimum Gasteiger partial charge on any atom is -0.390 e. The monoisotopic (exact) mass is 254 g/mol. The van der Waals surface area contributed by atoms with E-state index >= 15 is 0 Å². The molecule has 0 radical (unpaired) electrons. The second-order valence-electron chi connectivity index (χ2n) is 6.26. The highest BCUT2D eigenvalue weighted by molar-refractivity contribution is 4.78. The molecular weight excluding hydrogens is 224 g/mol. The quantitative estimate of drug-likeness (QED) is 0.761. The zero-order valence-corrected chi connectivity index (χ0v) is 11.9. The van der Waals surface area contributed by atoms with E-state index in [0.717, 1.165) is 19.0 Å². The molecule has 2 aliphatic rings. The summed E-state index contributed by atoms with van der Waals surface area (Å²) in [6.07, 6.45) is 9.36. The zero-order valence-electron chi connectivity index (χ0n) is 11.9. The van der Waals surface area contributed by atoms with Gasteiger partial charge in [0.05, 0.1) is 6.10 Å². The highest BCUT2D eigenvalue weighted by Crippen LogP contribution is 2.26. The summed E-state index contributed by atoms with van der Waals surface area (Å²) in [6, 6.07) is 0.568. The van der Waals surface area contributed by atoms with Crippen molar-refractivity contribution < 1.29 is 5.11 Å². The minimum absolute atomic E-state index is 0.200. The molecule has 0 spiro atoms. The molecule has 106 valence electrons. The van der Waals surface area contributed by atoms with Crippen LogP contribution in [0.25, 0.3) is 0 Å². The molecule has 1 saturated heterocycles. The second kappa shape index (κ2) is 7.46. The van der Waals surface area contributed by atoms with Crippen molar-refractivity contribution in [2.24, 2.45) is 5.92 Å². The smallest absolute Gasteiger partial charge is 0.0791 e. The number of aliphatic hydroxyl groups is 1. The first kappa shape index (κ1) is 14.3. The van der Waals surface area contributed by atoms with Gasteiger partial charge in [-0.25, -0.2) is 0 Å². The number of hydrogen-bond acceptors (Lipinski definition) is 3. The van der Waals surface area contributed by atoms with Gasteiger partial charge in [0, 0.05) is 19.1 Å². The Morgan fingerprint density at radius 1 is 1.11 bits per heavy atom. The highest BCUT2D eigenvalue weighted by Gasteiger charge is 2.21. The molecule has 1 aliphatic heterocycles. The number of likely N-dealkylation sites (tertiary alicyclic amines) is 1. The van der Waals surface area contributed by atoms with Crippen LogP contribution in [0.4, 0.5) is 0 Å². The molecule has 1 unspecified atom stereocenters. The van der Waals surface area contributed by atoms with Crippen molar-refractivity contribution in [3.05, 3.63) is 0 Å². The topological polar surface area (TPSA) is 35.5 Å². The Balaban J connectivity index is 1.60. The van der Waals surface area contributed by atoms with Crippen LogP contribution in [0.15, 0.2) is 0 Å². The van der Waals surface area contributed by atoms with Crippen LogP contribution in [-0.4, -0.2) is 48.3 Å². The summed E-state index contributed by atoms with van der Waals surface area (Å²) >= 11 is 0. The van der Waals surface area contributed by atoms with Crippen LogP contribution in [0.2, 0.25) is 0 Å². The van der Waals surface area contributed by atoms with Crippen LogP contribution in [0, 0.1) is 5.92 Å². The Morgan fingerprint density at radius 3 is 2.44 bits per heavy atom. The number of nitrogens with one attached hydrogen (secondary N) is 1. The molecule has 1 aliphatic carbocycles. The van der Waals surface area contributed by atoms with Gasteiger partial charge in [-0.1, -0.05) is 19.3 Å². The van der Waals surface area contributed by atoms with Crippen molar-refractivity contribution >= 4 is 0 Å². The maximum atomic E-state index is 10.1. The Labute approximate surface area is 112 Å². The highest BCUT2D eigenvalue weighted by atomic mass is 16.3. The maximum absolute atomic E-state index is 10.1. The van der Waals surface area contributed by atoms with E-state index < -0.39 is 0 Å². The largest absolute Gasteiger partial charge is 0.390 e. The lowest BCUT2D eigenvalue weighted by molar-refractivity contribution is 0.116. The molecule has 2 fully saturated rings. The van der Waals surface area contributed by atoms with Gasteiger partial charge in [-0.2, -0.15) is 0 Å². The molecule has 18 heavy (non-hydrogen) atoms. The molecule has 0 aromatic heterocycles. The second-order valence-corrected chi connectivity index (χ2v) is 6.26. The van der Waals surface area contributed by atoms with Crippen LogP contribution in [0.3, 0.4) is 0 Å². The normalized spacial score (nSPS) is 26.3. The Bertz CT molecular complexity index is 223. The number of β-amino-alcohol motifs (C(OH)–C–C–N with tert-alkyl or cyclic N) is 1. The molecule has 0 aromatic carbocycles. The molecule has 2 rings (SSSR count). The first-order chi connectivity index (χ1) is 8.75. The summed E-state index contributed by atoms with van der Waals surface area (Å²) in [5, 5.41) is 13.6. The molecule has 2 N–H and O–H groups in total. The molecule has 0 aromatic rings. The van der Waals surface area contributed by atoms with Gasteiger partial charge in [0.25, 0.3) is 0 Å². The fraction of sp³-hybridized carbons (Fsp3) is 1.00. The lowest BCUT2D eigenvalue weighted by Crippen LogP contribution is -2.42. The number of rotatable bonds is 6. The number of aliphatic hydroxyl groups excluding tert-OH is 1. The average Bonchev–Trinajstić information content (AvgIpc) is 2.90. The van der Waals surface area contributed by atoms with E-state index in [-0.39, 0.29) is 6.10 Å². The SMILES string of the molecule is C[C@@H](NCC(O)CN1CCCC1)C1CCCCC1. The Morgan fingerprint density at radius 2 is 1.78 bits per heavy atom. The summed E-state index contributed by atoms with van der Waals surface area (Å²) in [6.45, 7) is 6.25. The molecule has 1 saturated carbocycles. The Kier molecular flexibility index (Phi) is 5.93. The average molecular weight is 254 g/mol. The summed E-state index contributed by atoms with van der Waals surface area (Å²) in [5.41, 5.74) is 0. The van der Waals surface area contributed by atoms with Crippen molar-refractivity contribution in [2.75, 3.05) is 26.2 Å². The van der Waals surface area contributed by atoms with Crippen molar-refractivity contribution in [1.82, 2.24) is 10.2 Å². The van der Waals surface area contributed by atoms with Crippen molar-refractivity contribution in [3.63, 3.8) is 0 Å². The third-order valence-electron chi connectivity index (χ3n) is 4.70. The Hall–Kier alpha value is -0.120. The molecular formula is C15H30N2O. The molecule has 2 atom stereocenters. The molecule has 3 heteroatoms. The van der Waals surface area contributed by atoms with Gasteiger partial charge in [-0.05, 0) is 51.6 Å². The van der Waals surface area contributed by atoms with Crippen molar-refractivity contribution in [1.29, 1.82) is 0 Å². The van der Waals surface area contributed by atoms with Crippen LogP contribution in [-0.2, 0) is 0 Å². The summed E-state index contributed by atoms with van der Waals surface area (Å²) < 4.78 is 0. The summed E-state index contributed by atoms with van der Waals surface area (Å²) in [7, 11) is 0. The molecule has 0 amide bonds. The molecule has 3 nitrogen and oxygen atoms in total. The van der Waals surface area contributed by atoms with E-state index in [9.17, 15) is 5.11 Å². The van der Waals surface area contributed by atoms with E-state index in [1.54, 1.807) is 0 Å². The van der Waals surface area contributed by atoms with Gasteiger partial charge in [0.15, 0.2) is 0 Å². The van der Waals surface area contributed by atoms with E-state index in [4.69, 9.17) is 0 Å². The third-order valence-corrected chi connectivity index (χ3v) is 4.70. The molecule has 1 heterocycles. The summed E-state index contributed by atoms with van der Waals surface area (Å²) in [5.74, 6) is 0.831. The van der Waals surface area contributed by atoms with E-state index in [0.29, 0.717) is 6.04 Å². The first-order valence-electron chi connectivity index (χ1n) is 7.89. The minimum atomic E-state index is -0.200. The summed E-state index contributed by atoms with van der Waals surface area (Å²) in [4.78, 5) is 2.39. The van der Waals surface area contributed by atoms with Crippen molar-refractivity contribution in [3.8, 4) is 0 Å². The van der Waals surface area contributed by atoms with E-state index in [1.165, 1.54) is 58.0 Å². The predicted octanol–water partition coefficient (Wildman–Crippen LogP) is 2.00. The predicted molar refractivity (Wildman–Crippen MR) is 75.7 cm³/mol. The van der Waals surface area contributed by atoms with E-state index in [2.05, 4.69) is 17.1 Å². The first-order valence-corrected chi connectivity index (χ1v) is 7.89. The van der Waals surface area contributed by atoms with Gasteiger partial charge in [0.1, 0.15) is 0 Å². The lowest BCUT2D eigenvalue weighted by Gasteiger charge is -2.29. The van der Waals surface area contributed by atoms with E-state index in [1.807, 2.05) is 0 Å². The van der Waals surface area contributed by atoms with Crippen LogP contribution < -0.4 is 5.32 Å². The van der Waals surface area contributed by atoms with Crippen molar-refractivity contribution in [2.45, 2.75) is 64.0 Å². The fourth-order valence-electron chi connectivity index (χ4n) is 3.45. The number of hydrogen-bond donors (Lipinski definition) is 2. The van der Waals surface area contributed by atoms with Gasteiger partial charge in [-0.15, -0.1) is 0 Å². The van der Waals surface area contributed by atoms with Gasteiger partial charge < -0.3 is 15.3 Å².